The number of ether oxygens (including phenoxy) is 2. The van der Waals surface area contributed by atoms with Gasteiger partial charge in [-0.1, -0.05) is 29.5 Å². The van der Waals surface area contributed by atoms with Crippen molar-refractivity contribution in [1.82, 2.24) is 0 Å². The first-order valence-electron chi connectivity index (χ1n) is 6.56. The molecule has 0 atom stereocenters. The van der Waals surface area contributed by atoms with Crippen LogP contribution in [0.4, 0.5) is 0 Å². The highest BCUT2D eigenvalue weighted by molar-refractivity contribution is 14.1. The molecule has 16 heavy (non-hydrogen) atoms. The Hall–Kier alpha value is 0.650. The molecule has 0 unspecified atom stereocenters. The Balaban J connectivity index is 1.66. The van der Waals surface area contributed by atoms with Gasteiger partial charge in [-0.25, -0.2) is 0 Å². The molecule has 2 nitrogen and oxygen atoms in total. The van der Waals surface area contributed by atoms with E-state index in [1.54, 1.807) is 0 Å². The van der Waals surface area contributed by atoms with Gasteiger partial charge in [-0.15, -0.1) is 0 Å². The smallest absolute Gasteiger partial charge is 0.0772 e. The van der Waals surface area contributed by atoms with Crippen LogP contribution in [-0.2, 0) is 9.47 Å². The molecule has 2 saturated carbocycles. The van der Waals surface area contributed by atoms with Crippen LogP contribution < -0.4 is 0 Å². The van der Waals surface area contributed by atoms with Crippen molar-refractivity contribution >= 4 is 22.6 Å². The van der Waals surface area contributed by atoms with Gasteiger partial charge >= 0.3 is 0 Å². The average Bonchev–Trinajstić information content (AvgIpc) is 3.12. The van der Waals surface area contributed by atoms with Crippen LogP contribution in [0.1, 0.15) is 45.4 Å². The van der Waals surface area contributed by atoms with Crippen LogP contribution in [0.15, 0.2) is 0 Å². The fourth-order valence-electron chi connectivity index (χ4n) is 2.31. The van der Waals surface area contributed by atoms with Crippen molar-refractivity contribution in [3.8, 4) is 0 Å². The summed E-state index contributed by atoms with van der Waals surface area (Å²) in [6.45, 7) is 3.93. The van der Waals surface area contributed by atoms with E-state index in [1.165, 1.54) is 38.5 Å². The van der Waals surface area contributed by atoms with Crippen molar-refractivity contribution < 1.29 is 9.47 Å². The minimum Gasteiger partial charge on any atom is -0.376 e. The second-order valence-electron chi connectivity index (χ2n) is 5.42. The lowest BCUT2D eigenvalue weighted by Gasteiger charge is -2.38. The Labute approximate surface area is 113 Å². The number of alkyl halides is 1. The summed E-state index contributed by atoms with van der Waals surface area (Å²) in [7, 11) is 0. The highest BCUT2D eigenvalue weighted by atomic mass is 127. The van der Waals surface area contributed by atoms with E-state index in [4.69, 9.17) is 9.47 Å². The summed E-state index contributed by atoms with van der Waals surface area (Å²) in [5.41, 5.74) is 0.167. The Bertz CT molecular complexity index is 208. The van der Waals surface area contributed by atoms with E-state index in [2.05, 4.69) is 29.5 Å². The fraction of sp³-hybridized carbons (Fsp3) is 1.00. The third kappa shape index (κ3) is 3.84. The molecule has 2 fully saturated rings. The Morgan fingerprint density at radius 1 is 1.12 bits per heavy atom. The standard InChI is InChI=1S/C13H23IO2/c1-11-4-6-13(10-14,7-5-11)16-9-8-15-12-2-3-12/h11-12H,2-10H2,1H3. The fourth-order valence-corrected chi connectivity index (χ4v) is 3.30. The highest BCUT2D eigenvalue weighted by Gasteiger charge is 2.34. The summed E-state index contributed by atoms with van der Waals surface area (Å²) >= 11 is 2.48. The zero-order valence-electron chi connectivity index (χ0n) is 10.2. The van der Waals surface area contributed by atoms with Gasteiger partial charge in [0.25, 0.3) is 0 Å². The molecule has 2 rings (SSSR count). The molecule has 0 aromatic rings. The third-order valence-corrected chi connectivity index (χ3v) is 5.19. The molecule has 94 valence electrons. The van der Waals surface area contributed by atoms with Crippen molar-refractivity contribution in [1.29, 1.82) is 0 Å². The van der Waals surface area contributed by atoms with Crippen LogP contribution in [-0.4, -0.2) is 29.3 Å². The number of rotatable bonds is 6. The first kappa shape index (κ1) is 13.1. The SMILES string of the molecule is CC1CCC(CI)(OCCOC2CC2)CC1. The Morgan fingerprint density at radius 3 is 2.38 bits per heavy atom. The molecule has 0 aromatic carbocycles. The molecule has 0 aromatic heterocycles. The van der Waals surface area contributed by atoms with Crippen molar-refractivity contribution in [3.05, 3.63) is 0 Å². The summed E-state index contributed by atoms with van der Waals surface area (Å²) in [6.07, 6.45) is 8.20. The Morgan fingerprint density at radius 2 is 1.81 bits per heavy atom. The third-order valence-electron chi connectivity index (χ3n) is 3.80. The molecule has 0 saturated heterocycles. The van der Waals surface area contributed by atoms with Gasteiger partial charge < -0.3 is 9.47 Å². The summed E-state index contributed by atoms with van der Waals surface area (Å²) in [5.74, 6) is 0.891. The van der Waals surface area contributed by atoms with Gasteiger partial charge in [0, 0.05) is 4.43 Å². The monoisotopic (exact) mass is 338 g/mol. The van der Waals surface area contributed by atoms with Crippen molar-refractivity contribution in [2.45, 2.75) is 57.2 Å². The summed E-state index contributed by atoms with van der Waals surface area (Å²) in [6, 6.07) is 0. The second kappa shape index (κ2) is 6.01. The first-order valence-corrected chi connectivity index (χ1v) is 8.08. The summed E-state index contributed by atoms with van der Waals surface area (Å²) in [5, 5.41) is 0. The van der Waals surface area contributed by atoms with Gasteiger partial charge in [-0.2, -0.15) is 0 Å². The van der Waals surface area contributed by atoms with Crippen LogP contribution >= 0.6 is 22.6 Å². The van der Waals surface area contributed by atoms with Crippen LogP contribution in [0.25, 0.3) is 0 Å². The van der Waals surface area contributed by atoms with Gasteiger partial charge in [-0.05, 0) is 44.4 Å². The highest BCUT2D eigenvalue weighted by Crippen LogP contribution is 2.36. The van der Waals surface area contributed by atoms with E-state index < -0.39 is 0 Å². The maximum absolute atomic E-state index is 6.11. The lowest BCUT2D eigenvalue weighted by Crippen LogP contribution is -2.39. The molecule has 2 aliphatic carbocycles. The van der Waals surface area contributed by atoms with Gasteiger partial charge in [0.15, 0.2) is 0 Å². The average molecular weight is 338 g/mol. The molecule has 3 heteroatoms. The predicted octanol–water partition coefficient (Wildman–Crippen LogP) is 3.57. The van der Waals surface area contributed by atoms with Gasteiger partial charge in [0.1, 0.15) is 0 Å². The van der Waals surface area contributed by atoms with Crippen LogP contribution in [0.2, 0.25) is 0 Å². The minimum atomic E-state index is 0.167. The lowest BCUT2D eigenvalue weighted by molar-refractivity contribution is -0.0783. The zero-order chi connectivity index (χ0) is 11.4. The van der Waals surface area contributed by atoms with Gasteiger partial charge in [0.2, 0.25) is 0 Å². The van der Waals surface area contributed by atoms with Crippen LogP contribution in [0.3, 0.4) is 0 Å². The second-order valence-corrected chi connectivity index (χ2v) is 6.18. The van der Waals surface area contributed by atoms with E-state index in [9.17, 15) is 0 Å². The molecule has 0 spiro atoms. The van der Waals surface area contributed by atoms with Crippen LogP contribution in [0, 0.1) is 5.92 Å². The van der Waals surface area contributed by atoms with Crippen molar-refractivity contribution in [2.75, 3.05) is 17.6 Å². The minimum absolute atomic E-state index is 0.167. The van der Waals surface area contributed by atoms with E-state index in [-0.39, 0.29) is 5.60 Å². The largest absolute Gasteiger partial charge is 0.376 e. The maximum Gasteiger partial charge on any atom is 0.0772 e. The number of hydrogen-bond acceptors (Lipinski definition) is 2. The van der Waals surface area contributed by atoms with Gasteiger partial charge in [-0.3, -0.25) is 0 Å². The molecule has 0 aliphatic heterocycles. The first-order chi connectivity index (χ1) is 7.74. The molecule has 0 bridgehead atoms. The summed E-state index contributed by atoms with van der Waals surface area (Å²) < 4.78 is 12.9. The van der Waals surface area contributed by atoms with E-state index in [0.717, 1.165) is 23.6 Å². The Kier molecular flexibility index (Phi) is 4.91. The van der Waals surface area contributed by atoms with E-state index >= 15 is 0 Å². The predicted molar refractivity (Wildman–Crippen MR) is 74.2 cm³/mol. The van der Waals surface area contributed by atoms with Gasteiger partial charge in [0.05, 0.1) is 24.9 Å². The molecule has 0 N–H and O–H groups in total. The normalized spacial score (nSPS) is 35.2. The molecule has 0 amide bonds. The molecule has 0 radical (unpaired) electrons. The molecule has 0 heterocycles. The lowest BCUT2D eigenvalue weighted by atomic mass is 9.80. The zero-order valence-corrected chi connectivity index (χ0v) is 12.4. The van der Waals surface area contributed by atoms with Crippen molar-refractivity contribution in [2.24, 2.45) is 5.92 Å². The van der Waals surface area contributed by atoms with Crippen molar-refractivity contribution in [3.63, 3.8) is 0 Å². The maximum atomic E-state index is 6.11. The molecule has 2 aliphatic rings. The topological polar surface area (TPSA) is 18.5 Å². The number of hydrogen-bond donors (Lipinski definition) is 0. The summed E-state index contributed by atoms with van der Waals surface area (Å²) in [4.78, 5) is 0. The van der Waals surface area contributed by atoms with Crippen LogP contribution in [0.5, 0.6) is 0 Å². The quantitative estimate of drug-likeness (QED) is 0.419. The molecular weight excluding hydrogens is 315 g/mol. The number of halogens is 1. The van der Waals surface area contributed by atoms with E-state index in [0.29, 0.717) is 6.10 Å². The van der Waals surface area contributed by atoms with E-state index in [1.807, 2.05) is 0 Å². The molecular formula is C13H23IO2.